The number of rotatable bonds is 7. The number of halogens is 1. The predicted molar refractivity (Wildman–Crippen MR) is 113 cm³/mol. The Morgan fingerprint density at radius 3 is 2.55 bits per heavy atom. The Bertz CT molecular complexity index is 1070. The lowest BCUT2D eigenvalue weighted by Crippen LogP contribution is -2.20. The van der Waals surface area contributed by atoms with Crippen LogP contribution in [0.2, 0.25) is 5.02 Å². The van der Waals surface area contributed by atoms with Crippen molar-refractivity contribution in [2.24, 2.45) is 0 Å². The highest BCUT2D eigenvalue weighted by Crippen LogP contribution is 2.27. The summed E-state index contributed by atoms with van der Waals surface area (Å²) in [6, 6.07) is 13.1. The smallest absolute Gasteiger partial charge is 0.345 e. The van der Waals surface area contributed by atoms with Gasteiger partial charge < -0.3 is 14.5 Å². The molecule has 0 amide bonds. The summed E-state index contributed by atoms with van der Waals surface area (Å²) in [5, 5.41) is 1.13. The average Bonchev–Trinajstić information content (AvgIpc) is 2.70. The number of esters is 1. The maximum atomic E-state index is 12.0. The van der Waals surface area contributed by atoms with E-state index in [2.05, 4.69) is 9.97 Å². The molecule has 8 heteroatoms. The van der Waals surface area contributed by atoms with Crippen LogP contribution >= 0.6 is 23.4 Å². The zero-order valence-electron chi connectivity index (χ0n) is 15.9. The van der Waals surface area contributed by atoms with Crippen molar-refractivity contribution >= 4 is 29.3 Å². The Kier molecular flexibility index (Phi) is 6.95. The van der Waals surface area contributed by atoms with Gasteiger partial charge in [-0.15, -0.1) is 0 Å². The maximum Gasteiger partial charge on any atom is 0.345 e. The summed E-state index contributed by atoms with van der Waals surface area (Å²) in [7, 11) is 0. The van der Waals surface area contributed by atoms with Crippen molar-refractivity contribution in [3.05, 3.63) is 80.7 Å². The van der Waals surface area contributed by atoms with Crippen LogP contribution in [0.25, 0.3) is 0 Å². The highest BCUT2D eigenvalue weighted by atomic mass is 35.5. The fraction of sp³-hybridized carbons (Fsp3) is 0.190. The van der Waals surface area contributed by atoms with Gasteiger partial charge in [0, 0.05) is 17.0 Å². The molecule has 0 aliphatic heterocycles. The summed E-state index contributed by atoms with van der Waals surface area (Å²) in [5.74, 6) is 1.36. The summed E-state index contributed by atoms with van der Waals surface area (Å²) in [6.45, 7) is 3.80. The van der Waals surface area contributed by atoms with Gasteiger partial charge in [0.05, 0.1) is 6.61 Å². The van der Waals surface area contributed by atoms with Gasteiger partial charge in [0.15, 0.2) is 5.16 Å². The normalized spacial score (nSPS) is 10.6. The van der Waals surface area contributed by atoms with Crippen LogP contribution in [0.15, 0.2) is 58.6 Å². The van der Waals surface area contributed by atoms with E-state index in [0.29, 0.717) is 21.7 Å². The van der Waals surface area contributed by atoms with Crippen molar-refractivity contribution in [2.45, 2.75) is 24.8 Å². The van der Waals surface area contributed by atoms with Gasteiger partial charge in [0.25, 0.3) is 5.56 Å². The van der Waals surface area contributed by atoms with Crippen molar-refractivity contribution in [2.75, 3.05) is 6.61 Å². The number of aryl methyl sites for hydroxylation is 1. The molecule has 29 heavy (non-hydrogen) atoms. The first-order chi connectivity index (χ1) is 14.0. The minimum absolute atomic E-state index is 0.102. The number of nitrogens with one attached hydrogen (secondary N) is 1. The summed E-state index contributed by atoms with van der Waals surface area (Å²) >= 11 is 7.39. The highest BCUT2D eigenvalue weighted by molar-refractivity contribution is 7.98. The topological polar surface area (TPSA) is 81.3 Å². The number of benzene rings is 2. The SMILES string of the molecule is CCOC(=O)c1cnc(SCc2ccc(Oc3ccc(Cl)c(C)c3)cc2)[nH]c1=O. The molecule has 1 aromatic heterocycles. The van der Waals surface area contributed by atoms with Gasteiger partial charge in [-0.2, -0.15) is 0 Å². The number of H-pyrrole nitrogens is 1. The molecule has 0 saturated carbocycles. The van der Waals surface area contributed by atoms with Gasteiger partial charge in [0.2, 0.25) is 0 Å². The molecule has 0 atom stereocenters. The molecule has 0 fully saturated rings. The molecule has 6 nitrogen and oxygen atoms in total. The van der Waals surface area contributed by atoms with E-state index in [1.807, 2.05) is 43.3 Å². The Labute approximate surface area is 177 Å². The molecule has 0 saturated heterocycles. The fourth-order valence-electron chi connectivity index (χ4n) is 2.43. The van der Waals surface area contributed by atoms with Crippen molar-refractivity contribution in [3.8, 4) is 11.5 Å². The first kappa shape index (κ1) is 21.0. The number of carbonyl (C=O) groups is 1. The van der Waals surface area contributed by atoms with E-state index >= 15 is 0 Å². The summed E-state index contributed by atoms with van der Waals surface area (Å²) in [6.07, 6.45) is 1.24. The molecule has 1 N–H and O–H groups in total. The Morgan fingerprint density at radius 2 is 1.90 bits per heavy atom. The number of hydrogen-bond acceptors (Lipinski definition) is 6. The van der Waals surface area contributed by atoms with Crippen LogP contribution in [0.3, 0.4) is 0 Å². The Morgan fingerprint density at radius 1 is 1.17 bits per heavy atom. The van der Waals surface area contributed by atoms with Gasteiger partial charge in [-0.25, -0.2) is 9.78 Å². The second-order valence-corrected chi connectivity index (χ2v) is 7.47. The molecule has 0 unspecified atom stereocenters. The molecule has 0 radical (unpaired) electrons. The Hall–Kier alpha value is -2.77. The minimum Gasteiger partial charge on any atom is -0.462 e. The maximum absolute atomic E-state index is 12.0. The third kappa shape index (κ3) is 5.62. The van der Waals surface area contributed by atoms with E-state index < -0.39 is 11.5 Å². The summed E-state index contributed by atoms with van der Waals surface area (Å²) in [5.41, 5.74) is 1.37. The lowest BCUT2D eigenvalue weighted by Gasteiger charge is -2.08. The van der Waals surface area contributed by atoms with Gasteiger partial charge in [-0.1, -0.05) is 35.5 Å². The zero-order valence-corrected chi connectivity index (χ0v) is 17.5. The van der Waals surface area contributed by atoms with Crippen molar-refractivity contribution in [1.29, 1.82) is 0 Å². The molecular formula is C21H19ClN2O4S. The molecule has 3 rings (SSSR count). The monoisotopic (exact) mass is 430 g/mol. The molecule has 2 aromatic carbocycles. The second kappa shape index (κ2) is 9.62. The van der Waals surface area contributed by atoms with Gasteiger partial charge in [-0.3, -0.25) is 4.79 Å². The van der Waals surface area contributed by atoms with Crippen LogP contribution < -0.4 is 10.3 Å². The van der Waals surface area contributed by atoms with Crippen molar-refractivity contribution in [1.82, 2.24) is 9.97 Å². The standard InChI is InChI=1S/C21H19ClN2O4S/c1-3-27-20(26)17-11-23-21(24-19(17)25)29-12-14-4-6-15(7-5-14)28-16-8-9-18(22)13(2)10-16/h4-11H,3,12H2,1-2H3,(H,23,24,25). The van der Waals surface area contributed by atoms with Crippen LogP contribution in [0.5, 0.6) is 11.5 Å². The first-order valence-corrected chi connectivity index (χ1v) is 10.2. The van der Waals surface area contributed by atoms with Crippen LogP contribution in [0, 0.1) is 6.92 Å². The number of aromatic nitrogens is 2. The molecular weight excluding hydrogens is 412 g/mol. The van der Waals surface area contributed by atoms with Crippen LogP contribution in [-0.4, -0.2) is 22.5 Å². The summed E-state index contributed by atoms with van der Waals surface area (Å²) < 4.78 is 10.7. The lowest BCUT2D eigenvalue weighted by molar-refractivity contribution is 0.0523. The van der Waals surface area contributed by atoms with E-state index in [9.17, 15) is 9.59 Å². The predicted octanol–water partition coefficient (Wildman–Crippen LogP) is 4.99. The first-order valence-electron chi connectivity index (χ1n) is 8.88. The largest absolute Gasteiger partial charge is 0.462 e. The molecule has 1 heterocycles. The van der Waals surface area contributed by atoms with E-state index in [4.69, 9.17) is 21.1 Å². The Balaban J connectivity index is 1.60. The molecule has 0 bridgehead atoms. The number of hydrogen-bond donors (Lipinski definition) is 1. The van der Waals surface area contributed by atoms with Crippen LogP contribution in [-0.2, 0) is 10.5 Å². The number of carbonyl (C=O) groups excluding carboxylic acids is 1. The van der Waals surface area contributed by atoms with Crippen molar-refractivity contribution < 1.29 is 14.3 Å². The fourth-order valence-corrected chi connectivity index (χ4v) is 3.33. The van der Waals surface area contributed by atoms with Crippen LogP contribution in [0.4, 0.5) is 0 Å². The number of nitrogens with zero attached hydrogens (tertiary/aromatic N) is 1. The molecule has 0 aliphatic carbocycles. The van der Waals surface area contributed by atoms with E-state index in [1.54, 1.807) is 13.0 Å². The third-order valence-corrected chi connectivity index (χ3v) is 5.32. The van der Waals surface area contributed by atoms with Gasteiger partial charge in [0.1, 0.15) is 17.1 Å². The lowest BCUT2D eigenvalue weighted by atomic mass is 10.2. The molecule has 0 spiro atoms. The molecule has 3 aromatic rings. The van der Waals surface area contributed by atoms with Gasteiger partial charge >= 0.3 is 5.97 Å². The molecule has 150 valence electrons. The van der Waals surface area contributed by atoms with E-state index in [-0.39, 0.29) is 12.2 Å². The third-order valence-electron chi connectivity index (χ3n) is 3.94. The molecule has 0 aliphatic rings. The number of ether oxygens (including phenoxy) is 2. The van der Waals surface area contributed by atoms with E-state index in [1.165, 1.54) is 18.0 Å². The second-order valence-electron chi connectivity index (χ2n) is 6.10. The van der Waals surface area contributed by atoms with Crippen molar-refractivity contribution in [3.63, 3.8) is 0 Å². The highest BCUT2D eigenvalue weighted by Gasteiger charge is 2.13. The zero-order chi connectivity index (χ0) is 20.8. The van der Waals surface area contributed by atoms with Crippen LogP contribution in [0.1, 0.15) is 28.4 Å². The number of aromatic amines is 1. The van der Waals surface area contributed by atoms with Gasteiger partial charge in [-0.05, 0) is 55.3 Å². The summed E-state index contributed by atoms with van der Waals surface area (Å²) in [4.78, 5) is 30.4. The quantitative estimate of drug-likeness (QED) is 0.323. The minimum atomic E-state index is -0.677. The van der Waals surface area contributed by atoms with E-state index in [0.717, 1.165) is 16.9 Å². The number of thioether (sulfide) groups is 1. The average molecular weight is 431 g/mol.